The van der Waals surface area contributed by atoms with Crippen LogP contribution in [-0.4, -0.2) is 43.8 Å². The first-order chi connectivity index (χ1) is 13.0. The molecule has 5 nitrogen and oxygen atoms in total. The summed E-state index contributed by atoms with van der Waals surface area (Å²) >= 11 is 0. The molecule has 0 bridgehead atoms. The van der Waals surface area contributed by atoms with Crippen molar-refractivity contribution in [3.05, 3.63) is 65.2 Å². The van der Waals surface area contributed by atoms with Crippen molar-refractivity contribution in [3.8, 4) is 6.07 Å². The van der Waals surface area contributed by atoms with Crippen LogP contribution < -0.4 is 0 Å². The zero-order valence-electron chi connectivity index (χ0n) is 15.6. The van der Waals surface area contributed by atoms with Gasteiger partial charge in [-0.2, -0.15) is 9.57 Å². The maximum Gasteiger partial charge on any atom is 0.243 e. The van der Waals surface area contributed by atoms with Gasteiger partial charge in [-0.25, -0.2) is 8.42 Å². The molecule has 0 atom stereocenters. The SMILES string of the molecule is CCc1ccc(S(=O)(=O)N2CCCN(Cc3ccc(C#N)cc3)CC2)cc1. The first-order valence-electron chi connectivity index (χ1n) is 9.33. The molecule has 2 aromatic rings. The molecule has 6 heteroatoms. The molecule has 0 spiro atoms. The van der Waals surface area contributed by atoms with Gasteiger partial charge in [-0.1, -0.05) is 31.2 Å². The predicted octanol–water partition coefficient (Wildman–Crippen LogP) is 3.02. The Bertz CT molecular complexity index is 900. The second-order valence-corrected chi connectivity index (χ2v) is 8.78. The van der Waals surface area contributed by atoms with Gasteiger partial charge in [0.25, 0.3) is 0 Å². The largest absolute Gasteiger partial charge is 0.298 e. The van der Waals surface area contributed by atoms with E-state index in [1.807, 2.05) is 36.4 Å². The van der Waals surface area contributed by atoms with Crippen LogP contribution in [-0.2, 0) is 23.0 Å². The van der Waals surface area contributed by atoms with Gasteiger partial charge in [0.15, 0.2) is 0 Å². The van der Waals surface area contributed by atoms with Crippen molar-refractivity contribution in [2.45, 2.75) is 31.2 Å². The maximum absolute atomic E-state index is 13.0. The summed E-state index contributed by atoms with van der Waals surface area (Å²) in [6.07, 6.45) is 1.71. The zero-order chi connectivity index (χ0) is 19.3. The molecule has 1 saturated heterocycles. The molecule has 1 aliphatic rings. The summed E-state index contributed by atoms with van der Waals surface area (Å²) in [6, 6.07) is 16.9. The van der Waals surface area contributed by atoms with Gasteiger partial charge in [0.1, 0.15) is 0 Å². The Morgan fingerprint density at radius 3 is 2.22 bits per heavy atom. The van der Waals surface area contributed by atoms with Crippen LogP contribution in [0.15, 0.2) is 53.4 Å². The number of rotatable bonds is 5. The highest BCUT2D eigenvalue weighted by Gasteiger charge is 2.26. The first-order valence-corrected chi connectivity index (χ1v) is 10.8. The molecular formula is C21H25N3O2S. The number of hydrogen-bond acceptors (Lipinski definition) is 4. The third kappa shape index (κ3) is 4.75. The molecule has 2 aromatic carbocycles. The lowest BCUT2D eigenvalue weighted by Crippen LogP contribution is -2.35. The van der Waals surface area contributed by atoms with Gasteiger partial charge in [-0.3, -0.25) is 4.90 Å². The second-order valence-electron chi connectivity index (χ2n) is 6.84. The number of benzene rings is 2. The Morgan fingerprint density at radius 1 is 0.926 bits per heavy atom. The number of aryl methyl sites for hydroxylation is 1. The third-order valence-corrected chi connectivity index (χ3v) is 6.92. The summed E-state index contributed by atoms with van der Waals surface area (Å²) in [5.74, 6) is 0. The van der Waals surface area contributed by atoms with Crippen molar-refractivity contribution in [2.75, 3.05) is 26.2 Å². The summed E-state index contributed by atoms with van der Waals surface area (Å²) in [7, 11) is -3.45. The Labute approximate surface area is 161 Å². The van der Waals surface area contributed by atoms with Crippen LogP contribution in [0.25, 0.3) is 0 Å². The number of nitrogens with zero attached hydrogens (tertiary/aromatic N) is 3. The normalized spacial score (nSPS) is 16.6. The van der Waals surface area contributed by atoms with E-state index in [1.165, 1.54) is 0 Å². The maximum atomic E-state index is 13.0. The van der Waals surface area contributed by atoms with Crippen LogP contribution in [0.4, 0.5) is 0 Å². The van der Waals surface area contributed by atoms with E-state index >= 15 is 0 Å². The second kappa shape index (κ2) is 8.66. The van der Waals surface area contributed by atoms with E-state index in [9.17, 15) is 8.42 Å². The fourth-order valence-electron chi connectivity index (χ4n) is 3.33. The molecule has 0 N–H and O–H groups in total. The first kappa shape index (κ1) is 19.6. The Kier molecular flexibility index (Phi) is 6.27. The van der Waals surface area contributed by atoms with Gasteiger partial charge < -0.3 is 0 Å². The van der Waals surface area contributed by atoms with Crippen LogP contribution in [0.1, 0.15) is 30.0 Å². The third-order valence-electron chi connectivity index (χ3n) is 5.01. The van der Waals surface area contributed by atoms with Gasteiger partial charge in [-0.05, 0) is 54.8 Å². The standard InChI is InChI=1S/C21H25N3O2S/c1-2-18-8-10-21(11-9-18)27(25,26)24-13-3-12-23(14-15-24)17-20-6-4-19(16-22)5-7-20/h4-11H,2-3,12-15,17H2,1H3. The minimum Gasteiger partial charge on any atom is -0.298 e. The van der Waals surface area contributed by atoms with E-state index in [1.54, 1.807) is 16.4 Å². The molecule has 0 saturated carbocycles. The molecule has 0 unspecified atom stereocenters. The highest BCUT2D eigenvalue weighted by atomic mass is 32.2. The quantitative estimate of drug-likeness (QED) is 0.796. The summed E-state index contributed by atoms with van der Waals surface area (Å²) in [5, 5.41) is 8.89. The summed E-state index contributed by atoms with van der Waals surface area (Å²) < 4.78 is 27.5. The van der Waals surface area contributed by atoms with Crippen molar-refractivity contribution in [3.63, 3.8) is 0 Å². The lowest BCUT2D eigenvalue weighted by atomic mass is 10.1. The van der Waals surface area contributed by atoms with E-state index in [0.717, 1.165) is 37.1 Å². The number of hydrogen-bond donors (Lipinski definition) is 0. The van der Waals surface area contributed by atoms with E-state index in [4.69, 9.17) is 5.26 Å². The van der Waals surface area contributed by atoms with Crippen molar-refractivity contribution in [1.29, 1.82) is 5.26 Å². The van der Waals surface area contributed by atoms with Crippen LogP contribution >= 0.6 is 0 Å². The molecule has 0 radical (unpaired) electrons. The highest BCUT2D eigenvalue weighted by molar-refractivity contribution is 7.89. The van der Waals surface area contributed by atoms with Crippen molar-refractivity contribution < 1.29 is 8.42 Å². The molecule has 1 fully saturated rings. The number of nitriles is 1. The van der Waals surface area contributed by atoms with Gasteiger partial charge in [0.2, 0.25) is 10.0 Å². The summed E-state index contributed by atoms with van der Waals surface area (Å²) in [5.41, 5.74) is 2.93. The predicted molar refractivity (Wildman–Crippen MR) is 106 cm³/mol. The zero-order valence-corrected chi connectivity index (χ0v) is 16.5. The van der Waals surface area contributed by atoms with E-state index < -0.39 is 10.0 Å². The van der Waals surface area contributed by atoms with Crippen LogP contribution in [0.2, 0.25) is 0 Å². The van der Waals surface area contributed by atoms with Gasteiger partial charge >= 0.3 is 0 Å². The van der Waals surface area contributed by atoms with Crippen LogP contribution in [0, 0.1) is 11.3 Å². The van der Waals surface area contributed by atoms with Crippen molar-refractivity contribution >= 4 is 10.0 Å². The molecule has 1 aliphatic heterocycles. The smallest absolute Gasteiger partial charge is 0.243 e. The summed E-state index contributed by atoms with van der Waals surface area (Å²) in [4.78, 5) is 2.65. The van der Waals surface area contributed by atoms with Gasteiger partial charge in [0, 0.05) is 26.2 Å². The van der Waals surface area contributed by atoms with Crippen LogP contribution in [0.3, 0.4) is 0 Å². The van der Waals surface area contributed by atoms with E-state index in [-0.39, 0.29) is 0 Å². The van der Waals surface area contributed by atoms with E-state index in [2.05, 4.69) is 17.9 Å². The van der Waals surface area contributed by atoms with Gasteiger partial charge in [-0.15, -0.1) is 0 Å². The minimum absolute atomic E-state index is 0.375. The van der Waals surface area contributed by atoms with Gasteiger partial charge in [0.05, 0.1) is 16.5 Å². The molecule has 0 aliphatic carbocycles. The molecule has 1 heterocycles. The minimum atomic E-state index is -3.45. The van der Waals surface area contributed by atoms with Crippen LogP contribution in [0.5, 0.6) is 0 Å². The Hall–Kier alpha value is -2.20. The molecule has 142 valence electrons. The highest BCUT2D eigenvalue weighted by Crippen LogP contribution is 2.19. The average molecular weight is 384 g/mol. The fourth-order valence-corrected chi connectivity index (χ4v) is 4.80. The van der Waals surface area contributed by atoms with Crippen molar-refractivity contribution in [1.82, 2.24) is 9.21 Å². The Morgan fingerprint density at radius 2 is 1.59 bits per heavy atom. The molecule has 0 aromatic heterocycles. The molecule has 3 rings (SSSR count). The summed E-state index contributed by atoms with van der Waals surface area (Å²) in [6.45, 7) is 5.43. The van der Waals surface area contributed by atoms with E-state index in [0.29, 0.717) is 30.1 Å². The fraction of sp³-hybridized carbons (Fsp3) is 0.381. The molecular weight excluding hydrogens is 358 g/mol. The molecule has 27 heavy (non-hydrogen) atoms. The molecule has 0 amide bonds. The lowest BCUT2D eigenvalue weighted by molar-refractivity contribution is 0.278. The topological polar surface area (TPSA) is 64.4 Å². The monoisotopic (exact) mass is 383 g/mol. The van der Waals surface area contributed by atoms with Crippen molar-refractivity contribution in [2.24, 2.45) is 0 Å². The lowest BCUT2D eigenvalue weighted by Gasteiger charge is -2.22. The number of sulfonamides is 1. The average Bonchev–Trinajstić information content (AvgIpc) is 2.95. The Balaban J connectivity index is 1.65.